The molecule has 1 fully saturated rings. The van der Waals surface area contributed by atoms with Crippen LogP contribution in [0.25, 0.3) is 10.8 Å². The van der Waals surface area contributed by atoms with E-state index in [4.69, 9.17) is 28.4 Å². The summed E-state index contributed by atoms with van der Waals surface area (Å²) in [5, 5.41) is 15.9. The highest BCUT2D eigenvalue weighted by molar-refractivity contribution is 7.09. The van der Waals surface area contributed by atoms with Crippen LogP contribution >= 0.6 is 11.3 Å². The second kappa shape index (κ2) is 17.3. The molecule has 1 aliphatic heterocycles. The maximum absolute atomic E-state index is 11.8. The number of rotatable bonds is 17. The zero-order valence-corrected chi connectivity index (χ0v) is 27.2. The third-order valence-electron chi connectivity index (χ3n) is 8.17. The topological polar surface area (TPSA) is 98.8 Å². The zero-order valence-electron chi connectivity index (χ0n) is 26.4. The van der Waals surface area contributed by atoms with Crippen LogP contribution in [0.2, 0.25) is 0 Å². The average Bonchev–Trinajstić information content (AvgIpc) is 3.61. The summed E-state index contributed by atoms with van der Waals surface area (Å²) in [5.41, 5.74) is 1.95. The molecule has 5 rings (SSSR count). The standard InChI is InChI=1S/C36H43NO8S/c1-40-23-30(41-2)24-45-35-28(11-10-26-7-3-4-9-33(26)35)22-44-34-21-37(36(38)39)17-16-32(34)27-12-14-29(15-13-27)43-19-6-18-42-25-31-8-5-20-46-31/h3-5,7-15,20,30,32,34H,6,16-19,21-25H2,1-2H3,(H,38,39)/p-1. The Morgan fingerprint density at radius 2 is 1.80 bits per heavy atom. The van der Waals surface area contributed by atoms with Gasteiger partial charge in [-0.3, -0.25) is 0 Å². The minimum atomic E-state index is -1.19. The number of likely N-dealkylation sites (tertiary alicyclic amines) is 1. The normalized spacial score (nSPS) is 17.2. The van der Waals surface area contributed by atoms with Crippen molar-refractivity contribution in [2.45, 2.75) is 44.2 Å². The molecule has 0 spiro atoms. The number of carbonyl (C=O) groups excluding carboxylic acids is 1. The van der Waals surface area contributed by atoms with Gasteiger partial charge in [-0.2, -0.15) is 0 Å². The Bertz CT molecular complexity index is 1500. The van der Waals surface area contributed by atoms with Gasteiger partial charge in [0.15, 0.2) is 0 Å². The van der Waals surface area contributed by atoms with E-state index in [1.54, 1.807) is 25.6 Å². The first kappa shape index (κ1) is 33.7. The molecule has 3 atom stereocenters. The Labute approximate surface area is 274 Å². The summed E-state index contributed by atoms with van der Waals surface area (Å²) in [6.45, 7) is 3.40. The highest BCUT2D eigenvalue weighted by Gasteiger charge is 2.32. The molecule has 0 bridgehead atoms. The van der Waals surface area contributed by atoms with E-state index in [1.807, 2.05) is 72.1 Å². The van der Waals surface area contributed by atoms with E-state index in [9.17, 15) is 9.90 Å². The number of methoxy groups -OCH3 is 2. The van der Waals surface area contributed by atoms with E-state index in [1.165, 1.54) is 9.78 Å². The molecular formula is C36H42NO8S-. The van der Waals surface area contributed by atoms with Crippen molar-refractivity contribution >= 4 is 28.2 Å². The number of nitrogens with zero attached hydrogens (tertiary/aromatic N) is 1. The van der Waals surface area contributed by atoms with Gasteiger partial charge in [0.1, 0.15) is 30.3 Å². The van der Waals surface area contributed by atoms with Gasteiger partial charge >= 0.3 is 0 Å². The summed E-state index contributed by atoms with van der Waals surface area (Å²) in [5.74, 6) is 1.51. The minimum Gasteiger partial charge on any atom is -0.530 e. The Balaban J connectivity index is 1.23. The van der Waals surface area contributed by atoms with E-state index >= 15 is 0 Å². The van der Waals surface area contributed by atoms with Crippen LogP contribution in [0.3, 0.4) is 0 Å². The number of carboxylic acid groups (broad SMARTS) is 1. The van der Waals surface area contributed by atoms with Crippen LogP contribution in [0.5, 0.6) is 11.5 Å². The van der Waals surface area contributed by atoms with Gasteiger partial charge in [0.25, 0.3) is 0 Å². The molecule has 9 nitrogen and oxygen atoms in total. The van der Waals surface area contributed by atoms with E-state index in [0.29, 0.717) is 46.0 Å². The molecule has 0 N–H and O–H groups in total. The quantitative estimate of drug-likeness (QED) is 0.136. The number of hydrogen-bond acceptors (Lipinski definition) is 9. The van der Waals surface area contributed by atoms with E-state index < -0.39 is 6.09 Å². The van der Waals surface area contributed by atoms with E-state index in [-0.39, 0.29) is 31.3 Å². The van der Waals surface area contributed by atoms with Crippen molar-refractivity contribution in [2.24, 2.45) is 0 Å². The Morgan fingerprint density at radius 1 is 0.957 bits per heavy atom. The highest BCUT2D eigenvalue weighted by Crippen LogP contribution is 2.35. The lowest BCUT2D eigenvalue weighted by atomic mass is 9.87. The average molecular weight is 649 g/mol. The largest absolute Gasteiger partial charge is 0.530 e. The van der Waals surface area contributed by atoms with Gasteiger partial charge in [0, 0.05) is 55.5 Å². The van der Waals surface area contributed by atoms with E-state index in [0.717, 1.165) is 39.8 Å². The van der Waals surface area contributed by atoms with Crippen molar-refractivity contribution in [2.75, 3.05) is 53.7 Å². The molecule has 46 heavy (non-hydrogen) atoms. The van der Waals surface area contributed by atoms with Crippen molar-refractivity contribution in [3.8, 4) is 11.5 Å². The van der Waals surface area contributed by atoms with Gasteiger partial charge in [0.05, 0.1) is 39.1 Å². The molecule has 3 unspecified atom stereocenters. The van der Waals surface area contributed by atoms with Crippen LogP contribution in [0.1, 0.15) is 34.8 Å². The van der Waals surface area contributed by atoms with Gasteiger partial charge in [0.2, 0.25) is 0 Å². The van der Waals surface area contributed by atoms with Gasteiger partial charge < -0.3 is 43.2 Å². The fourth-order valence-electron chi connectivity index (χ4n) is 5.68. The molecule has 1 saturated heterocycles. The molecule has 1 aliphatic rings. The van der Waals surface area contributed by atoms with Crippen molar-refractivity contribution in [1.82, 2.24) is 4.90 Å². The number of amides is 1. The third kappa shape index (κ3) is 9.20. The minimum absolute atomic E-state index is 0.000277. The third-order valence-corrected chi connectivity index (χ3v) is 9.02. The number of fused-ring (bicyclic) bond motifs is 1. The van der Waals surface area contributed by atoms with Crippen LogP contribution in [0.4, 0.5) is 4.79 Å². The maximum atomic E-state index is 11.8. The smallest absolute Gasteiger partial charge is 0.137 e. The molecule has 1 aromatic heterocycles. The summed E-state index contributed by atoms with van der Waals surface area (Å²) in [7, 11) is 3.26. The van der Waals surface area contributed by atoms with Gasteiger partial charge in [-0.05, 0) is 40.9 Å². The maximum Gasteiger partial charge on any atom is 0.137 e. The second-order valence-corrected chi connectivity index (χ2v) is 12.3. The number of piperidine rings is 1. The fourth-order valence-corrected chi connectivity index (χ4v) is 6.32. The number of carbonyl (C=O) groups is 1. The molecule has 10 heteroatoms. The Kier molecular flexibility index (Phi) is 12.7. The highest BCUT2D eigenvalue weighted by atomic mass is 32.1. The van der Waals surface area contributed by atoms with Gasteiger partial charge in [-0.25, -0.2) is 0 Å². The second-order valence-electron chi connectivity index (χ2n) is 11.3. The Hall–Kier alpha value is -3.67. The Morgan fingerprint density at radius 3 is 2.57 bits per heavy atom. The molecular weight excluding hydrogens is 606 g/mol. The summed E-state index contributed by atoms with van der Waals surface area (Å²) in [6, 6.07) is 24.2. The van der Waals surface area contributed by atoms with E-state index in [2.05, 4.69) is 6.07 Å². The van der Waals surface area contributed by atoms with Crippen molar-refractivity contribution < 1.29 is 38.3 Å². The first-order chi connectivity index (χ1) is 22.6. The lowest BCUT2D eigenvalue weighted by molar-refractivity contribution is -0.268. The summed E-state index contributed by atoms with van der Waals surface area (Å²) < 4.78 is 35.3. The predicted molar refractivity (Wildman–Crippen MR) is 176 cm³/mol. The molecule has 0 saturated carbocycles. The van der Waals surface area contributed by atoms with Crippen LogP contribution in [0, 0.1) is 0 Å². The van der Waals surface area contributed by atoms with Crippen molar-refractivity contribution in [1.29, 1.82) is 0 Å². The first-order valence-corrected chi connectivity index (χ1v) is 16.5. The molecule has 3 aromatic carbocycles. The van der Waals surface area contributed by atoms with Gasteiger partial charge in [-0.15, -0.1) is 11.3 Å². The van der Waals surface area contributed by atoms with Crippen LogP contribution in [-0.2, 0) is 32.2 Å². The molecule has 0 radical (unpaired) electrons. The molecule has 4 aromatic rings. The number of ether oxygens (including phenoxy) is 6. The molecule has 246 valence electrons. The van der Waals surface area contributed by atoms with Crippen LogP contribution in [-0.4, -0.2) is 76.9 Å². The number of thiophene rings is 1. The fraction of sp³-hybridized carbons (Fsp3) is 0.417. The van der Waals surface area contributed by atoms with Crippen molar-refractivity contribution in [3.63, 3.8) is 0 Å². The zero-order chi connectivity index (χ0) is 32.1. The molecule has 2 heterocycles. The predicted octanol–water partition coefficient (Wildman–Crippen LogP) is 5.65. The van der Waals surface area contributed by atoms with Crippen molar-refractivity contribution in [3.05, 3.63) is 94.2 Å². The summed E-state index contributed by atoms with van der Waals surface area (Å²) >= 11 is 1.69. The number of benzene rings is 3. The molecule has 0 aliphatic carbocycles. The lowest BCUT2D eigenvalue weighted by Crippen LogP contribution is -2.51. The lowest BCUT2D eigenvalue weighted by Gasteiger charge is -2.40. The van der Waals surface area contributed by atoms with Crippen LogP contribution < -0.4 is 14.6 Å². The number of hydrogen-bond donors (Lipinski definition) is 0. The summed E-state index contributed by atoms with van der Waals surface area (Å²) in [6.07, 6.45) is -0.376. The summed E-state index contributed by atoms with van der Waals surface area (Å²) in [4.78, 5) is 14.4. The first-order valence-electron chi connectivity index (χ1n) is 15.6. The monoisotopic (exact) mass is 648 g/mol. The van der Waals surface area contributed by atoms with Gasteiger partial charge in [-0.1, -0.05) is 54.6 Å². The molecule has 1 amide bonds. The SMILES string of the molecule is COCC(COc1c(COC2CN(C(=O)[O-])CCC2c2ccc(OCCCOCc3cccs3)cc2)ccc2ccccc12)OC. The van der Waals surface area contributed by atoms with Crippen LogP contribution in [0.15, 0.2) is 78.2 Å².